The SMILES string of the molecule is COCC[C](C)c1cc(F)ccc1F. The van der Waals surface area contributed by atoms with Crippen LogP contribution in [0.3, 0.4) is 0 Å². The summed E-state index contributed by atoms with van der Waals surface area (Å²) in [6, 6.07) is 3.46. The lowest BCUT2D eigenvalue weighted by Gasteiger charge is -2.11. The van der Waals surface area contributed by atoms with E-state index in [9.17, 15) is 8.78 Å². The minimum atomic E-state index is -0.418. The maximum atomic E-state index is 13.2. The quantitative estimate of drug-likeness (QED) is 0.724. The average Bonchev–Trinajstić information content (AvgIpc) is 2.18. The van der Waals surface area contributed by atoms with Gasteiger partial charge in [0, 0.05) is 19.6 Å². The van der Waals surface area contributed by atoms with Crippen molar-refractivity contribution in [2.24, 2.45) is 0 Å². The molecule has 1 nitrogen and oxygen atoms in total. The Morgan fingerprint density at radius 3 is 2.71 bits per heavy atom. The van der Waals surface area contributed by atoms with Crippen LogP contribution < -0.4 is 0 Å². The summed E-state index contributed by atoms with van der Waals surface area (Å²) in [7, 11) is 1.58. The molecular weight excluding hydrogens is 186 g/mol. The van der Waals surface area contributed by atoms with Gasteiger partial charge in [-0.3, -0.25) is 0 Å². The van der Waals surface area contributed by atoms with Crippen molar-refractivity contribution in [2.75, 3.05) is 13.7 Å². The van der Waals surface area contributed by atoms with Crippen LogP contribution in [0.15, 0.2) is 18.2 Å². The fraction of sp³-hybridized carbons (Fsp3) is 0.364. The minimum Gasteiger partial charge on any atom is -0.385 e. The van der Waals surface area contributed by atoms with Crippen LogP contribution in [-0.4, -0.2) is 13.7 Å². The Morgan fingerprint density at radius 2 is 2.07 bits per heavy atom. The normalized spacial score (nSPS) is 10.9. The van der Waals surface area contributed by atoms with Gasteiger partial charge in [-0.25, -0.2) is 8.78 Å². The number of hydrogen-bond donors (Lipinski definition) is 0. The van der Waals surface area contributed by atoms with Gasteiger partial charge >= 0.3 is 0 Å². The van der Waals surface area contributed by atoms with Gasteiger partial charge in [-0.15, -0.1) is 0 Å². The molecule has 0 saturated heterocycles. The lowest BCUT2D eigenvalue weighted by Crippen LogP contribution is -2.02. The summed E-state index contributed by atoms with van der Waals surface area (Å²) in [4.78, 5) is 0. The van der Waals surface area contributed by atoms with Crippen molar-refractivity contribution >= 4 is 0 Å². The summed E-state index contributed by atoms with van der Waals surface area (Å²) in [6.07, 6.45) is 0.608. The number of halogens is 2. The smallest absolute Gasteiger partial charge is 0.127 e. The first kappa shape index (κ1) is 11.1. The van der Waals surface area contributed by atoms with Crippen LogP contribution in [-0.2, 0) is 4.74 Å². The Kier molecular flexibility index (Phi) is 4.01. The van der Waals surface area contributed by atoms with E-state index in [1.807, 2.05) is 0 Å². The summed E-state index contributed by atoms with van der Waals surface area (Å²) in [6.45, 7) is 2.29. The number of benzene rings is 1. The van der Waals surface area contributed by atoms with E-state index in [1.165, 1.54) is 6.07 Å². The van der Waals surface area contributed by atoms with E-state index < -0.39 is 5.82 Å². The summed E-state index contributed by atoms with van der Waals surface area (Å²) >= 11 is 0. The van der Waals surface area contributed by atoms with Gasteiger partial charge in [0.15, 0.2) is 0 Å². The highest BCUT2D eigenvalue weighted by Gasteiger charge is 2.12. The molecule has 0 saturated carbocycles. The standard InChI is InChI=1S/C11H13F2O/c1-8(5-6-14-2)10-7-9(12)3-4-11(10)13/h3-4,7H,5-6H2,1-2H3. The Balaban J connectivity index is 2.77. The molecule has 0 spiro atoms. The molecule has 3 heteroatoms. The van der Waals surface area contributed by atoms with Crippen molar-refractivity contribution in [1.82, 2.24) is 0 Å². The molecule has 0 atom stereocenters. The Morgan fingerprint density at radius 1 is 1.36 bits per heavy atom. The van der Waals surface area contributed by atoms with Gasteiger partial charge in [-0.1, -0.05) is 6.92 Å². The van der Waals surface area contributed by atoms with E-state index in [1.54, 1.807) is 14.0 Å². The minimum absolute atomic E-state index is 0.335. The monoisotopic (exact) mass is 199 g/mol. The first-order valence-electron chi connectivity index (χ1n) is 4.42. The van der Waals surface area contributed by atoms with Crippen molar-refractivity contribution in [1.29, 1.82) is 0 Å². The van der Waals surface area contributed by atoms with Crippen molar-refractivity contribution in [3.63, 3.8) is 0 Å². The first-order valence-corrected chi connectivity index (χ1v) is 4.42. The summed E-state index contributed by atoms with van der Waals surface area (Å²) in [5, 5.41) is 0. The molecule has 0 bridgehead atoms. The molecule has 0 aliphatic heterocycles. The van der Waals surface area contributed by atoms with Crippen LogP contribution in [0.1, 0.15) is 18.9 Å². The molecule has 14 heavy (non-hydrogen) atoms. The number of hydrogen-bond acceptors (Lipinski definition) is 1. The van der Waals surface area contributed by atoms with Gasteiger partial charge in [-0.2, -0.15) is 0 Å². The largest absolute Gasteiger partial charge is 0.385 e. The molecule has 0 aliphatic carbocycles. The van der Waals surface area contributed by atoms with Crippen molar-refractivity contribution in [2.45, 2.75) is 13.3 Å². The van der Waals surface area contributed by atoms with Crippen LogP contribution in [0, 0.1) is 17.6 Å². The molecule has 1 aromatic rings. The van der Waals surface area contributed by atoms with Crippen LogP contribution in [0.5, 0.6) is 0 Å². The molecule has 0 aliphatic rings. The highest BCUT2D eigenvalue weighted by molar-refractivity contribution is 5.31. The number of methoxy groups -OCH3 is 1. The molecule has 0 fully saturated rings. The third kappa shape index (κ3) is 2.77. The summed E-state index contributed by atoms with van der Waals surface area (Å²) in [5.41, 5.74) is 0.335. The van der Waals surface area contributed by atoms with Gasteiger partial charge in [-0.05, 0) is 30.2 Å². The fourth-order valence-corrected chi connectivity index (χ4v) is 1.21. The molecule has 1 aromatic carbocycles. The molecule has 0 unspecified atom stereocenters. The molecular formula is C11H13F2O. The van der Waals surface area contributed by atoms with Crippen LogP contribution in [0.25, 0.3) is 0 Å². The maximum Gasteiger partial charge on any atom is 0.127 e. The van der Waals surface area contributed by atoms with Crippen LogP contribution in [0.4, 0.5) is 8.78 Å². The van der Waals surface area contributed by atoms with E-state index in [4.69, 9.17) is 4.74 Å². The van der Waals surface area contributed by atoms with E-state index >= 15 is 0 Å². The molecule has 1 rings (SSSR count). The molecule has 1 radical (unpaired) electrons. The van der Waals surface area contributed by atoms with Crippen LogP contribution in [0.2, 0.25) is 0 Å². The number of rotatable bonds is 4. The zero-order valence-electron chi connectivity index (χ0n) is 8.31. The lowest BCUT2D eigenvalue weighted by atomic mass is 9.97. The predicted octanol–water partition coefficient (Wildman–Crippen LogP) is 2.94. The molecule has 0 amide bonds. The second-order valence-electron chi connectivity index (χ2n) is 3.15. The highest BCUT2D eigenvalue weighted by Crippen LogP contribution is 2.21. The van der Waals surface area contributed by atoms with Gasteiger partial charge in [0.05, 0.1) is 0 Å². The predicted molar refractivity (Wildman–Crippen MR) is 50.9 cm³/mol. The maximum absolute atomic E-state index is 13.2. The molecule has 0 heterocycles. The Bertz CT molecular complexity index is 299. The van der Waals surface area contributed by atoms with E-state index in [0.29, 0.717) is 18.6 Å². The zero-order valence-corrected chi connectivity index (χ0v) is 8.31. The summed E-state index contributed by atoms with van der Waals surface area (Å²) < 4.78 is 30.9. The topological polar surface area (TPSA) is 9.23 Å². The molecule has 0 N–H and O–H groups in total. The van der Waals surface area contributed by atoms with E-state index in [0.717, 1.165) is 18.1 Å². The number of ether oxygens (including phenoxy) is 1. The average molecular weight is 199 g/mol. The Labute approximate surface area is 82.7 Å². The van der Waals surface area contributed by atoms with Crippen molar-refractivity contribution < 1.29 is 13.5 Å². The van der Waals surface area contributed by atoms with E-state index in [-0.39, 0.29) is 5.82 Å². The fourth-order valence-electron chi connectivity index (χ4n) is 1.21. The molecule has 0 aromatic heterocycles. The zero-order chi connectivity index (χ0) is 10.6. The van der Waals surface area contributed by atoms with Gasteiger partial charge in [0.1, 0.15) is 11.6 Å². The Hall–Kier alpha value is -0.960. The third-order valence-corrected chi connectivity index (χ3v) is 2.07. The van der Waals surface area contributed by atoms with Crippen LogP contribution >= 0.6 is 0 Å². The van der Waals surface area contributed by atoms with E-state index in [2.05, 4.69) is 0 Å². The third-order valence-electron chi connectivity index (χ3n) is 2.07. The summed E-state index contributed by atoms with van der Waals surface area (Å²) in [5.74, 6) is -0.0120. The highest BCUT2D eigenvalue weighted by atomic mass is 19.1. The van der Waals surface area contributed by atoms with Gasteiger partial charge < -0.3 is 4.74 Å². The first-order chi connectivity index (χ1) is 6.65. The molecule has 77 valence electrons. The van der Waals surface area contributed by atoms with Gasteiger partial charge in [0.25, 0.3) is 0 Å². The second-order valence-corrected chi connectivity index (χ2v) is 3.15. The lowest BCUT2D eigenvalue weighted by molar-refractivity contribution is 0.198. The van der Waals surface area contributed by atoms with Crippen molar-refractivity contribution in [3.8, 4) is 0 Å². The second kappa shape index (κ2) is 5.05. The van der Waals surface area contributed by atoms with Gasteiger partial charge in [0.2, 0.25) is 0 Å². The van der Waals surface area contributed by atoms with Crippen molar-refractivity contribution in [3.05, 3.63) is 41.3 Å².